The predicted molar refractivity (Wildman–Crippen MR) is 74.3 cm³/mol. The molecule has 0 spiro atoms. The number of carbonyl (C=O) groups excluding carboxylic acids is 1. The predicted octanol–water partition coefficient (Wildman–Crippen LogP) is 4.95. The van der Waals surface area contributed by atoms with Gasteiger partial charge in [0.05, 0.1) is 8.66 Å². The van der Waals surface area contributed by atoms with Crippen LogP contribution in [0.1, 0.15) is 20.8 Å². The summed E-state index contributed by atoms with van der Waals surface area (Å²) in [6, 6.07) is 5.99. The molecular weight excluding hydrogens is 371 g/mol. The Bertz CT molecular complexity index is 552. The molecule has 1 aromatic carbocycles. The molecule has 0 atom stereocenters. The van der Waals surface area contributed by atoms with Crippen LogP contribution in [0.25, 0.3) is 0 Å². The number of rotatable bonds is 2. The molecule has 2 aromatic rings. The first-order chi connectivity index (χ1) is 7.97. The summed E-state index contributed by atoms with van der Waals surface area (Å²) < 4.78 is 14.7. The summed E-state index contributed by atoms with van der Waals surface area (Å²) in [4.78, 5) is 12.7. The van der Waals surface area contributed by atoms with E-state index >= 15 is 0 Å². The SMILES string of the molecule is Cc1cc(C(=O)c2cc(F)cc(Br)c2)sc1Br. The third kappa shape index (κ3) is 2.84. The van der Waals surface area contributed by atoms with Crippen molar-refractivity contribution in [2.45, 2.75) is 6.92 Å². The van der Waals surface area contributed by atoms with Gasteiger partial charge in [0, 0.05) is 10.0 Å². The molecule has 2 rings (SSSR count). The van der Waals surface area contributed by atoms with Crippen molar-refractivity contribution in [3.63, 3.8) is 0 Å². The van der Waals surface area contributed by atoms with E-state index in [4.69, 9.17) is 0 Å². The number of ketones is 1. The molecule has 17 heavy (non-hydrogen) atoms. The molecule has 0 aliphatic rings. The lowest BCUT2D eigenvalue weighted by Crippen LogP contribution is -1.99. The van der Waals surface area contributed by atoms with Gasteiger partial charge in [0.25, 0.3) is 0 Å². The van der Waals surface area contributed by atoms with Gasteiger partial charge in [0.2, 0.25) is 5.78 Å². The largest absolute Gasteiger partial charge is 0.288 e. The highest BCUT2D eigenvalue weighted by atomic mass is 79.9. The Balaban J connectivity index is 2.43. The minimum Gasteiger partial charge on any atom is -0.288 e. The lowest BCUT2D eigenvalue weighted by atomic mass is 10.1. The molecule has 0 bridgehead atoms. The molecule has 0 aliphatic carbocycles. The van der Waals surface area contributed by atoms with Crippen molar-refractivity contribution in [1.29, 1.82) is 0 Å². The monoisotopic (exact) mass is 376 g/mol. The topological polar surface area (TPSA) is 17.1 Å². The van der Waals surface area contributed by atoms with Crippen LogP contribution in [0.15, 0.2) is 32.5 Å². The minimum absolute atomic E-state index is 0.163. The van der Waals surface area contributed by atoms with E-state index in [1.165, 1.54) is 23.5 Å². The molecule has 0 aliphatic heterocycles. The van der Waals surface area contributed by atoms with E-state index in [1.54, 1.807) is 12.1 Å². The molecule has 0 unspecified atom stereocenters. The average molecular weight is 378 g/mol. The minimum atomic E-state index is -0.421. The fourth-order valence-electron chi connectivity index (χ4n) is 1.40. The standard InChI is InChI=1S/C12H7Br2FOS/c1-6-2-10(17-12(6)14)11(16)7-3-8(13)5-9(15)4-7/h2-5H,1H3. The van der Waals surface area contributed by atoms with Crippen LogP contribution < -0.4 is 0 Å². The van der Waals surface area contributed by atoms with Crippen molar-refractivity contribution in [2.24, 2.45) is 0 Å². The van der Waals surface area contributed by atoms with Crippen LogP contribution in [-0.2, 0) is 0 Å². The summed E-state index contributed by atoms with van der Waals surface area (Å²) >= 11 is 7.90. The van der Waals surface area contributed by atoms with Crippen LogP contribution in [0.4, 0.5) is 4.39 Å². The Labute approximate surface area is 119 Å². The van der Waals surface area contributed by atoms with Crippen LogP contribution in [0, 0.1) is 12.7 Å². The van der Waals surface area contributed by atoms with E-state index in [-0.39, 0.29) is 5.78 Å². The van der Waals surface area contributed by atoms with E-state index < -0.39 is 5.82 Å². The van der Waals surface area contributed by atoms with E-state index in [1.807, 2.05) is 6.92 Å². The zero-order valence-corrected chi connectivity index (χ0v) is 12.7. The number of hydrogen-bond donors (Lipinski definition) is 0. The summed E-state index contributed by atoms with van der Waals surface area (Å²) in [5, 5.41) is 0. The fraction of sp³-hybridized carbons (Fsp3) is 0.0833. The molecule has 88 valence electrons. The molecular formula is C12H7Br2FOS. The maximum atomic E-state index is 13.2. The van der Waals surface area contributed by atoms with Gasteiger partial charge in [-0.15, -0.1) is 11.3 Å². The van der Waals surface area contributed by atoms with Crippen LogP contribution in [0.3, 0.4) is 0 Å². The Morgan fingerprint density at radius 2 is 1.94 bits per heavy atom. The molecule has 5 heteroatoms. The maximum Gasteiger partial charge on any atom is 0.203 e. The van der Waals surface area contributed by atoms with Gasteiger partial charge < -0.3 is 0 Å². The number of hydrogen-bond acceptors (Lipinski definition) is 2. The van der Waals surface area contributed by atoms with Crippen molar-refractivity contribution < 1.29 is 9.18 Å². The molecule has 0 saturated heterocycles. The van der Waals surface area contributed by atoms with Crippen LogP contribution in [0.5, 0.6) is 0 Å². The highest BCUT2D eigenvalue weighted by Crippen LogP contribution is 2.29. The molecule has 0 N–H and O–H groups in total. The summed E-state index contributed by atoms with van der Waals surface area (Å²) in [5.74, 6) is -0.584. The Morgan fingerprint density at radius 3 is 2.47 bits per heavy atom. The molecule has 0 amide bonds. The van der Waals surface area contributed by atoms with Gasteiger partial charge >= 0.3 is 0 Å². The van der Waals surface area contributed by atoms with Crippen molar-refractivity contribution >= 4 is 49.0 Å². The van der Waals surface area contributed by atoms with E-state index in [0.717, 1.165) is 9.35 Å². The van der Waals surface area contributed by atoms with E-state index in [9.17, 15) is 9.18 Å². The van der Waals surface area contributed by atoms with Crippen LogP contribution in [0.2, 0.25) is 0 Å². The van der Waals surface area contributed by atoms with Crippen LogP contribution >= 0.6 is 43.2 Å². The second-order valence-corrected chi connectivity index (χ2v) is 6.84. The second kappa shape index (κ2) is 5.00. The van der Waals surface area contributed by atoms with Gasteiger partial charge in [0.15, 0.2) is 0 Å². The summed E-state index contributed by atoms with van der Waals surface area (Å²) in [7, 11) is 0. The second-order valence-electron chi connectivity index (χ2n) is 3.55. The molecule has 0 saturated carbocycles. The first-order valence-corrected chi connectivity index (χ1v) is 7.14. The molecule has 1 heterocycles. The van der Waals surface area contributed by atoms with Gasteiger partial charge in [-0.05, 0) is 52.7 Å². The molecule has 1 nitrogen and oxygen atoms in total. The normalized spacial score (nSPS) is 10.6. The zero-order chi connectivity index (χ0) is 12.6. The lowest BCUT2D eigenvalue weighted by Gasteiger charge is -1.99. The molecule has 0 fully saturated rings. The van der Waals surface area contributed by atoms with Gasteiger partial charge in [-0.25, -0.2) is 4.39 Å². The van der Waals surface area contributed by atoms with E-state index in [0.29, 0.717) is 14.9 Å². The number of carbonyl (C=O) groups is 1. The lowest BCUT2D eigenvalue weighted by molar-refractivity contribution is 0.104. The number of thiophene rings is 1. The number of halogens is 3. The third-order valence-corrected chi connectivity index (χ3v) is 4.80. The highest BCUT2D eigenvalue weighted by molar-refractivity contribution is 9.11. The first-order valence-electron chi connectivity index (χ1n) is 4.74. The molecule has 1 aromatic heterocycles. The van der Waals surface area contributed by atoms with E-state index in [2.05, 4.69) is 31.9 Å². The Morgan fingerprint density at radius 1 is 1.24 bits per heavy atom. The van der Waals surface area contributed by atoms with Gasteiger partial charge in [-0.3, -0.25) is 4.79 Å². The van der Waals surface area contributed by atoms with Gasteiger partial charge in [-0.2, -0.15) is 0 Å². The number of benzene rings is 1. The van der Waals surface area contributed by atoms with Crippen LogP contribution in [-0.4, -0.2) is 5.78 Å². The van der Waals surface area contributed by atoms with Crippen molar-refractivity contribution in [1.82, 2.24) is 0 Å². The van der Waals surface area contributed by atoms with Crippen molar-refractivity contribution in [3.8, 4) is 0 Å². The quantitative estimate of drug-likeness (QED) is 0.676. The first kappa shape index (κ1) is 12.9. The number of aryl methyl sites for hydroxylation is 1. The van der Waals surface area contributed by atoms with Crippen molar-refractivity contribution in [2.75, 3.05) is 0 Å². The van der Waals surface area contributed by atoms with Crippen molar-refractivity contribution in [3.05, 3.63) is 54.3 Å². The smallest absolute Gasteiger partial charge is 0.203 e. The summed E-state index contributed by atoms with van der Waals surface area (Å²) in [6.07, 6.45) is 0. The van der Waals surface area contributed by atoms with Gasteiger partial charge in [-0.1, -0.05) is 15.9 Å². The Kier molecular flexibility index (Phi) is 3.80. The zero-order valence-electron chi connectivity index (χ0n) is 8.76. The summed E-state index contributed by atoms with van der Waals surface area (Å²) in [5.41, 5.74) is 1.36. The fourth-order valence-corrected chi connectivity index (χ4v) is 3.36. The third-order valence-electron chi connectivity index (χ3n) is 2.21. The average Bonchev–Trinajstić information content (AvgIpc) is 2.57. The highest BCUT2D eigenvalue weighted by Gasteiger charge is 2.14. The summed E-state index contributed by atoms with van der Waals surface area (Å²) in [6.45, 7) is 1.92. The Hall–Kier alpha value is -0.520. The molecule has 0 radical (unpaired) electrons. The van der Waals surface area contributed by atoms with Gasteiger partial charge in [0.1, 0.15) is 5.82 Å². The maximum absolute atomic E-state index is 13.2.